The van der Waals surface area contributed by atoms with Crippen LogP contribution in [0.2, 0.25) is 0 Å². The quantitative estimate of drug-likeness (QED) is 0.512. The zero-order chi connectivity index (χ0) is 13.8. The summed E-state index contributed by atoms with van der Waals surface area (Å²) in [5, 5.41) is 13.6. The van der Waals surface area contributed by atoms with Crippen LogP contribution in [0.1, 0.15) is 19.3 Å². The highest BCUT2D eigenvalue weighted by molar-refractivity contribution is 5.97. The first-order valence-corrected chi connectivity index (χ1v) is 5.93. The van der Waals surface area contributed by atoms with E-state index in [2.05, 4.69) is 5.32 Å². The number of ketones is 1. The van der Waals surface area contributed by atoms with E-state index in [1.54, 1.807) is 12.3 Å². The van der Waals surface area contributed by atoms with Crippen molar-refractivity contribution in [3.05, 3.63) is 40.1 Å². The molecule has 0 aromatic heterocycles. The summed E-state index contributed by atoms with van der Waals surface area (Å²) >= 11 is 0. The van der Waals surface area contributed by atoms with Crippen LogP contribution >= 0.6 is 0 Å². The van der Waals surface area contributed by atoms with Gasteiger partial charge >= 0.3 is 0 Å². The number of carbonyl (C=O) groups excluding carboxylic acids is 1. The minimum atomic E-state index is -0.481. The summed E-state index contributed by atoms with van der Waals surface area (Å²) in [5.41, 5.74) is 1.31. The lowest BCUT2D eigenvalue weighted by molar-refractivity contribution is -0.384. The molecule has 1 saturated carbocycles. The summed E-state index contributed by atoms with van der Waals surface area (Å²) in [4.78, 5) is 21.6. The van der Waals surface area contributed by atoms with Gasteiger partial charge in [0.05, 0.1) is 23.8 Å². The number of nitro benzene ring substituents is 1. The van der Waals surface area contributed by atoms with Gasteiger partial charge in [0, 0.05) is 24.3 Å². The van der Waals surface area contributed by atoms with Crippen LogP contribution in [-0.4, -0.2) is 17.8 Å². The summed E-state index contributed by atoms with van der Waals surface area (Å²) in [6.45, 7) is 0. The number of hydrogen-bond acceptors (Lipinski definition) is 5. The summed E-state index contributed by atoms with van der Waals surface area (Å²) in [5.74, 6) is 0.518. The number of nitrogens with zero attached hydrogens (tertiary/aromatic N) is 1. The van der Waals surface area contributed by atoms with Crippen molar-refractivity contribution in [3.8, 4) is 5.75 Å². The van der Waals surface area contributed by atoms with Crippen molar-refractivity contribution in [1.82, 2.24) is 0 Å². The number of hydrogen-bond donors (Lipinski definition) is 1. The topological polar surface area (TPSA) is 81.5 Å². The molecule has 0 amide bonds. The van der Waals surface area contributed by atoms with Crippen LogP contribution in [0.5, 0.6) is 5.75 Å². The molecular weight excluding hydrogens is 248 g/mol. The van der Waals surface area contributed by atoms with Crippen molar-refractivity contribution in [3.63, 3.8) is 0 Å². The number of nitro groups is 1. The number of benzene rings is 1. The largest absolute Gasteiger partial charge is 0.494 e. The molecule has 6 nitrogen and oxygen atoms in total. The Labute approximate surface area is 110 Å². The molecule has 1 aromatic carbocycles. The van der Waals surface area contributed by atoms with E-state index in [4.69, 9.17) is 4.74 Å². The molecule has 0 aliphatic heterocycles. The average molecular weight is 262 g/mol. The van der Waals surface area contributed by atoms with Crippen molar-refractivity contribution in [2.45, 2.75) is 19.3 Å². The van der Waals surface area contributed by atoms with Crippen molar-refractivity contribution in [2.75, 3.05) is 12.4 Å². The van der Waals surface area contributed by atoms with Crippen LogP contribution in [-0.2, 0) is 4.79 Å². The Morgan fingerprint density at radius 2 is 2.21 bits per heavy atom. The summed E-state index contributed by atoms with van der Waals surface area (Å²) in [6, 6.07) is 4.30. The molecule has 100 valence electrons. The van der Waals surface area contributed by atoms with Gasteiger partial charge in [-0.05, 0) is 18.9 Å². The van der Waals surface area contributed by atoms with Gasteiger partial charge in [0.15, 0.2) is 5.78 Å². The zero-order valence-electron chi connectivity index (χ0n) is 10.5. The fourth-order valence-electron chi connectivity index (χ4n) is 1.97. The summed E-state index contributed by atoms with van der Waals surface area (Å²) in [7, 11) is 1.44. The van der Waals surface area contributed by atoms with E-state index in [-0.39, 0.29) is 11.5 Å². The number of carbonyl (C=O) groups is 1. The maximum absolute atomic E-state index is 11.5. The highest BCUT2D eigenvalue weighted by Crippen LogP contribution is 2.29. The summed E-state index contributed by atoms with van der Waals surface area (Å²) in [6.07, 6.45) is 3.88. The number of allylic oxidation sites excluding steroid dienone is 1. The number of nitrogens with one attached hydrogen (secondary N) is 1. The second kappa shape index (κ2) is 5.51. The molecule has 0 atom stereocenters. The fourth-order valence-corrected chi connectivity index (χ4v) is 1.97. The third kappa shape index (κ3) is 2.90. The first-order chi connectivity index (χ1) is 9.11. The van der Waals surface area contributed by atoms with Crippen LogP contribution in [0.25, 0.3) is 0 Å². The minimum absolute atomic E-state index is 0.0352. The monoisotopic (exact) mass is 262 g/mol. The molecule has 0 unspecified atom stereocenters. The van der Waals surface area contributed by atoms with Gasteiger partial charge in [-0.2, -0.15) is 0 Å². The van der Waals surface area contributed by atoms with Gasteiger partial charge in [-0.25, -0.2) is 0 Å². The molecule has 1 fully saturated rings. The Morgan fingerprint density at radius 1 is 1.42 bits per heavy atom. The van der Waals surface area contributed by atoms with Crippen LogP contribution in [0, 0.1) is 10.1 Å². The van der Waals surface area contributed by atoms with Gasteiger partial charge in [0.25, 0.3) is 5.69 Å². The van der Waals surface area contributed by atoms with E-state index < -0.39 is 4.92 Å². The molecule has 1 aromatic rings. The van der Waals surface area contributed by atoms with E-state index in [1.807, 2.05) is 0 Å². The van der Waals surface area contributed by atoms with Crippen molar-refractivity contribution in [2.24, 2.45) is 0 Å². The Kier molecular flexibility index (Phi) is 3.79. The number of anilines is 1. The SMILES string of the molecule is COc1cc([N+](=O)[O-])ccc1N/C=C1\CCCC1=O. The maximum atomic E-state index is 11.5. The first-order valence-electron chi connectivity index (χ1n) is 5.93. The lowest BCUT2D eigenvalue weighted by Gasteiger charge is -2.08. The van der Waals surface area contributed by atoms with E-state index >= 15 is 0 Å². The van der Waals surface area contributed by atoms with Crippen molar-refractivity contribution >= 4 is 17.2 Å². The Morgan fingerprint density at radius 3 is 2.79 bits per heavy atom. The molecule has 2 rings (SSSR count). The van der Waals surface area contributed by atoms with Crippen LogP contribution in [0.3, 0.4) is 0 Å². The lowest BCUT2D eigenvalue weighted by atomic mass is 10.2. The Bertz CT molecular complexity index is 552. The van der Waals surface area contributed by atoms with Gasteiger partial charge < -0.3 is 10.1 Å². The molecule has 6 heteroatoms. The highest BCUT2D eigenvalue weighted by atomic mass is 16.6. The van der Waals surface area contributed by atoms with E-state index in [0.29, 0.717) is 17.9 Å². The first kappa shape index (κ1) is 13.1. The molecule has 1 N–H and O–H groups in total. The molecular formula is C13H14N2O4. The van der Waals surface area contributed by atoms with Crippen LogP contribution < -0.4 is 10.1 Å². The average Bonchev–Trinajstić information content (AvgIpc) is 2.81. The van der Waals surface area contributed by atoms with E-state index in [9.17, 15) is 14.9 Å². The smallest absolute Gasteiger partial charge is 0.273 e. The normalized spacial score (nSPS) is 16.7. The standard InChI is InChI=1S/C13H14N2O4/c1-19-13-7-10(15(17)18)5-6-11(13)14-8-9-3-2-4-12(9)16/h5-8,14H,2-4H2,1H3/b9-8+. The Balaban J connectivity index is 2.20. The van der Waals surface area contributed by atoms with Gasteiger partial charge in [-0.1, -0.05) is 0 Å². The predicted molar refractivity (Wildman–Crippen MR) is 70.2 cm³/mol. The maximum Gasteiger partial charge on any atom is 0.273 e. The molecule has 0 bridgehead atoms. The number of ether oxygens (including phenoxy) is 1. The Hall–Kier alpha value is -2.37. The lowest BCUT2D eigenvalue weighted by Crippen LogP contribution is -1.99. The van der Waals surface area contributed by atoms with E-state index in [1.165, 1.54) is 19.2 Å². The predicted octanol–water partition coefficient (Wildman–Crippen LogP) is 2.65. The second-order valence-corrected chi connectivity index (χ2v) is 4.23. The number of methoxy groups -OCH3 is 1. The summed E-state index contributed by atoms with van der Waals surface area (Å²) < 4.78 is 5.10. The molecule has 1 aliphatic carbocycles. The number of non-ortho nitro benzene ring substituents is 1. The highest BCUT2D eigenvalue weighted by Gasteiger charge is 2.17. The molecule has 0 spiro atoms. The van der Waals surface area contributed by atoms with Crippen LogP contribution in [0.4, 0.5) is 11.4 Å². The van der Waals surface area contributed by atoms with Gasteiger partial charge in [-0.3, -0.25) is 14.9 Å². The van der Waals surface area contributed by atoms with Gasteiger partial charge in [0.1, 0.15) is 5.75 Å². The molecule has 1 aliphatic rings. The number of rotatable bonds is 4. The zero-order valence-corrected chi connectivity index (χ0v) is 10.5. The van der Waals surface area contributed by atoms with Gasteiger partial charge in [0.2, 0.25) is 0 Å². The van der Waals surface area contributed by atoms with Crippen molar-refractivity contribution in [1.29, 1.82) is 0 Å². The minimum Gasteiger partial charge on any atom is -0.494 e. The third-order valence-electron chi connectivity index (χ3n) is 3.01. The van der Waals surface area contributed by atoms with Gasteiger partial charge in [-0.15, -0.1) is 0 Å². The molecule has 0 heterocycles. The second-order valence-electron chi connectivity index (χ2n) is 4.23. The van der Waals surface area contributed by atoms with Crippen molar-refractivity contribution < 1.29 is 14.5 Å². The molecule has 0 radical (unpaired) electrons. The molecule has 0 saturated heterocycles. The molecule has 19 heavy (non-hydrogen) atoms. The van der Waals surface area contributed by atoms with E-state index in [0.717, 1.165) is 18.4 Å². The third-order valence-corrected chi connectivity index (χ3v) is 3.01. The number of Topliss-reactive ketones (excluding diaryl/α,β-unsaturated/α-hetero) is 1. The van der Waals surface area contributed by atoms with Crippen LogP contribution in [0.15, 0.2) is 30.0 Å². The fraction of sp³-hybridized carbons (Fsp3) is 0.308.